The number of aliphatic hydroxyl groups excluding tert-OH is 2. The van der Waals surface area contributed by atoms with Crippen LogP contribution < -0.4 is 0 Å². The van der Waals surface area contributed by atoms with Crippen LogP contribution in [-0.4, -0.2) is 68.4 Å². The molecule has 1 atom stereocenters. The second-order valence-electron chi connectivity index (χ2n) is 3.59. The van der Waals surface area contributed by atoms with Gasteiger partial charge in [-0.1, -0.05) is 0 Å². The molecule has 0 aromatic heterocycles. The van der Waals surface area contributed by atoms with Crippen LogP contribution in [0.5, 0.6) is 0 Å². The summed E-state index contributed by atoms with van der Waals surface area (Å²) in [6, 6.07) is 0. The lowest BCUT2D eigenvalue weighted by Crippen LogP contribution is -2.47. The molecule has 0 saturated carbocycles. The van der Waals surface area contributed by atoms with E-state index in [4.69, 9.17) is 30.3 Å². The molecule has 0 bridgehead atoms. The van der Waals surface area contributed by atoms with Gasteiger partial charge in [0.1, 0.15) is 6.10 Å². The molecule has 9 heteroatoms. The van der Waals surface area contributed by atoms with Crippen molar-refractivity contribution >= 4 is 17.9 Å². The van der Waals surface area contributed by atoms with Crippen molar-refractivity contribution in [3.05, 3.63) is 0 Å². The van der Waals surface area contributed by atoms with Crippen LogP contribution in [0.1, 0.15) is 12.8 Å². The quantitative estimate of drug-likeness (QED) is 0.321. The summed E-state index contributed by atoms with van der Waals surface area (Å²) in [5.74, 6) is -4.88. The van der Waals surface area contributed by atoms with E-state index in [2.05, 4.69) is 0 Å². The molecule has 0 unspecified atom stereocenters. The van der Waals surface area contributed by atoms with Crippen molar-refractivity contribution in [2.75, 3.05) is 13.2 Å². The summed E-state index contributed by atoms with van der Waals surface area (Å²) in [6.07, 6.45) is -3.58. The van der Waals surface area contributed by atoms with Crippen LogP contribution in [0.3, 0.4) is 0 Å². The molecule has 9 nitrogen and oxygen atoms in total. The van der Waals surface area contributed by atoms with Gasteiger partial charge in [0, 0.05) is 0 Å². The molecule has 0 amide bonds. The van der Waals surface area contributed by atoms with Gasteiger partial charge < -0.3 is 30.3 Å². The highest BCUT2D eigenvalue weighted by atomic mass is 16.5. The van der Waals surface area contributed by atoms with Crippen molar-refractivity contribution in [3.63, 3.8) is 0 Å². The number of hydrogen-bond acceptors (Lipinski definition) is 6. The number of carbonyl (C=O) groups is 3. The zero-order valence-corrected chi connectivity index (χ0v) is 9.27. The van der Waals surface area contributed by atoms with E-state index in [1.54, 1.807) is 0 Å². The molecule has 0 heterocycles. The average Bonchev–Trinajstić information content (AvgIpc) is 2.23. The number of aliphatic hydroxyl groups is 2. The predicted molar refractivity (Wildman–Crippen MR) is 53.9 cm³/mol. The topological polar surface area (TPSA) is 162 Å². The van der Waals surface area contributed by atoms with Crippen LogP contribution in [0.15, 0.2) is 0 Å². The Morgan fingerprint density at radius 3 is 1.78 bits per heavy atom. The summed E-state index contributed by atoms with van der Waals surface area (Å²) in [5.41, 5.74) is -2.48. The standard InChI is InChI=1S/C9H14O9/c10-3-5(11)4-18-9(8(16)17,1-6(12)13)2-7(14)15/h5,10-11H,1-4H2,(H,12,13)(H,14,15)(H,16,17)/t5-/m0/s1. The second-order valence-corrected chi connectivity index (χ2v) is 3.59. The first-order valence-electron chi connectivity index (χ1n) is 4.83. The Morgan fingerprint density at radius 1 is 1.06 bits per heavy atom. The minimum Gasteiger partial charge on any atom is -0.481 e. The van der Waals surface area contributed by atoms with Gasteiger partial charge in [-0.25, -0.2) is 4.79 Å². The highest BCUT2D eigenvalue weighted by Gasteiger charge is 2.44. The van der Waals surface area contributed by atoms with Gasteiger partial charge in [0.25, 0.3) is 0 Å². The van der Waals surface area contributed by atoms with Gasteiger partial charge in [0.05, 0.1) is 26.1 Å². The molecule has 0 saturated heterocycles. The van der Waals surface area contributed by atoms with Gasteiger partial charge in [-0.05, 0) is 0 Å². The average molecular weight is 266 g/mol. The summed E-state index contributed by atoms with van der Waals surface area (Å²) in [4.78, 5) is 32.1. The Morgan fingerprint density at radius 2 is 1.50 bits per heavy atom. The maximum Gasteiger partial charge on any atom is 0.337 e. The fraction of sp³-hybridized carbons (Fsp3) is 0.667. The van der Waals surface area contributed by atoms with Gasteiger partial charge in [-0.15, -0.1) is 0 Å². The van der Waals surface area contributed by atoms with Crippen LogP contribution in [0.25, 0.3) is 0 Å². The first-order chi connectivity index (χ1) is 8.23. The van der Waals surface area contributed by atoms with E-state index >= 15 is 0 Å². The molecule has 0 aliphatic carbocycles. The molecule has 0 spiro atoms. The Labute approximate surface area is 101 Å². The number of ether oxygens (including phenoxy) is 1. The number of aliphatic carboxylic acids is 3. The van der Waals surface area contributed by atoms with Gasteiger partial charge >= 0.3 is 17.9 Å². The fourth-order valence-corrected chi connectivity index (χ4v) is 1.17. The van der Waals surface area contributed by atoms with E-state index < -0.39 is 55.7 Å². The molecule has 0 aromatic rings. The summed E-state index contributed by atoms with van der Waals surface area (Å²) in [5, 5.41) is 43.6. The molecule has 0 rings (SSSR count). The molecular formula is C9H14O9. The molecular weight excluding hydrogens is 252 g/mol. The molecule has 0 aromatic carbocycles. The lowest BCUT2D eigenvalue weighted by molar-refractivity contribution is -0.182. The monoisotopic (exact) mass is 266 g/mol. The van der Waals surface area contributed by atoms with E-state index in [1.165, 1.54) is 0 Å². The highest BCUT2D eigenvalue weighted by Crippen LogP contribution is 2.22. The summed E-state index contributed by atoms with van der Waals surface area (Å²) in [7, 11) is 0. The zero-order chi connectivity index (χ0) is 14.3. The largest absolute Gasteiger partial charge is 0.481 e. The smallest absolute Gasteiger partial charge is 0.337 e. The van der Waals surface area contributed by atoms with Gasteiger partial charge in [-0.3, -0.25) is 9.59 Å². The third-order valence-corrected chi connectivity index (χ3v) is 2.03. The molecule has 18 heavy (non-hydrogen) atoms. The lowest BCUT2D eigenvalue weighted by atomic mass is 9.95. The summed E-state index contributed by atoms with van der Waals surface area (Å²) in [6.45, 7) is -1.42. The number of hydrogen-bond donors (Lipinski definition) is 5. The molecule has 104 valence electrons. The first-order valence-corrected chi connectivity index (χ1v) is 4.83. The summed E-state index contributed by atoms with van der Waals surface area (Å²) < 4.78 is 4.69. The maximum atomic E-state index is 11.0. The van der Waals surface area contributed by atoms with Crippen LogP contribution in [0.4, 0.5) is 0 Å². The van der Waals surface area contributed by atoms with Crippen molar-refractivity contribution in [2.24, 2.45) is 0 Å². The van der Waals surface area contributed by atoms with Crippen molar-refractivity contribution in [1.29, 1.82) is 0 Å². The molecule has 0 aliphatic heterocycles. The fourth-order valence-electron chi connectivity index (χ4n) is 1.17. The minimum atomic E-state index is -2.48. The van der Waals surface area contributed by atoms with Gasteiger partial charge in [0.15, 0.2) is 5.60 Å². The van der Waals surface area contributed by atoms with Crippen molar-refractivity contribution in [1.82, 2.24) is 0 Å². The van der Waals surface area contributed by atoms with E-state index in [0.29, 0.717) is 0 Å². The Hall–Kier alpha value is -1.71. The molecule has 0 radical (unpaired) electrons. The van der Waals surface area contributed by atoms with E-state index in [1.807, 2.05) is 0 Å². The normalized spacial score (nSPS) is 13.0. The molecule has 5 N–H and O–H groups in total. The first kappa shape index (κ1) is 16.3. The van der Waals surface area contributed by atoms with Gasteiger partial charge in [-0.2, -0.15) is 0 Å². The van der Waals surface area contributed by atoms with Crippen molar-refractivity contribution in [3.8, 4) is 0 Å². The van der Waals surface area contributed by atoms with Crippen LogP contribution >= 0.6 is 0 Å². The minimum absolute atomic E-state index is 0.691. The van der Waals surface area contributed by atoms with Crippen LogP contribution in [0.2, 0.25) is 0 Å². The second kappa shape index (κ2) is 6.89. The Kier molecular flexibility index (Phi) is 6.23. The van der Waals surface area contributed by atoms with Crippen molar-refractivity contribution < 1.29 is 44.7 Å². The third kappa shape index (κ3) is 5.08. The van der Waals surface area contributed by atoms with Crippen molar-refractivity contribution in [2.45, 2.75) is 24.5 Å². The molecule has 0 aliphatic rings. The number of carboxylic acids is 3. The van der Waals surface area contributed by atoms with Gasteiger partial charge in [0.2, 0.25) is 0 Å². The SMILES string of the molecule is O=C(O)CC(CC(=O)O)(OC[C@@H](O)CO)C(=O)O. The maximum absolute atomic E-state index is 11.0. The Balaban J connectivity index is 5.00. The van der Waals surface area contributed by atoms with E-state index in [9.17, 15) is 14.4 Å². The predicted octanol–water partition coefficient (Wildman–Crippen LogP) is -1.87. The van der Waals surface area contributed by atoms with E-state index in [-0.39, 0.29) is 0 Å². The third-order valence-electron chi connectivity index (χ3n) is 2.03. The number of rotatable bonds is 9. The van der Waals surface area contributed by atoms with E-state index in [0.717, 1.165) is 0 Å². The van der Waals surface area contributed by atoms with Crippen LogP contribution in [-0.2, 0) is 19.1 Å². The zero-order valence-electron chi connectivity index (χ0n) is 9.27. The highest BCUT2D eigenvalue weighted by molar-refractivity contribution is 5.88. The number of carboxylic acid groups (broad SMARTS) is 3. The van der Waals surface area contributed by atoms with Crippen LogP contribution in [0, 0.1) is 0 Å². The Bertz CT molecular complexity index is 308. The summed E-state index contributed by atoms with van der Waals surface area (Å²) >= 11 is 0. The molecule has 0 fully saturated rings. The lowest BCUT2D eigenvalue weighted by Gasteiger charge is -2.27.